The quantitative estimate of drug-likeness (QED) is 0.821. The molecule has 0 aliphatic carbocycles. The molecule has 0 atom stereocenters. The number of ether oxygens (including phenoxy) is 1. The Hall–Kier alpha value is -2.26. The van der Waals surface area contributed by atoms with Crippen LogP contribution in [0.3, 0.4) is 0 Å². The van der Waals surface area contributed by atoms with Crippen LogP contribution in [0.15, 0.2) is 42.5 Å². The van der Waals surface area contributed by atoms with Gasteiger partial charge in [-0.1, -0.05) is 17.7 Å². The first kappa shape index (κ1) is 15.1. The topological polar surface area (TPSA) is 46.5 Å². The van der Waals surface area contributed by atoms with Crippen molar-refractivity contribution in [1.82, 2.24) is 0 Å². The van der Waals surface area contributed by atoms with Gasteiger partial charge in [0.2, 0.25) is 0 Å². The van der Waals surface area contributed by atoms with Crippen LogP contribution in [0.1, 0.15) is 16.7 Å². The third-order valence-electron chi connectivity index (χ3n) is 3.01. The molecule has 0 aliphatic rings. The van der Waals surface area contributed by atoms with Crippen LogP contribution in [0.25, 0.3) is 6.08 Å². The third-order valence-corrected chi connectivity index (χ3v) is 3.44. The number of carboxylic acids is 1. The van der Waals surface area contributed by atoms with Gasteiger partial charge in [0.1, 0.15) is 11.5 Å². The summed E-state index contributed by atoms with van der Waals surface area (Å²) in [5.41, 5.74) is 2.74. The van der Waals surface area contributed by atoms with Crippen LogP contribution in [-0.2, 0) is 4.79 Å². The number of carboxylic acid groups (broad SMARTS) is 1. The molecule has 0 amide bonds. The lowest BCUT2D eigenvalue weighted by molar-refractivity contribution is -0.131. The van der Waals surface area contributed by atoms with Crippen molar-refractivity contribution in [3.05, 3.63) is 64.2 Å². The van der Waals surface area contributed by atoms with Crippen molar-refractivity contribution in [2.75, 3.05) is 0 Å². The third kappa shape index (κ3) is 4.10. The zero-order valence-corrected chi connectivity index (χ0v) is 12.5. The zero-order chi connectivity index (χ0) is 15.4. The number of aryl methyl sites for hydroxylation is 2. The molecule has 0 aliphatic heterocycles. The van der Waals surface area contributed by atoms with Gasteiger partial charge in [0.05, 0.1) is 0 Å². The van der Waals surface area contributed by atoms with E-state index < -0.39 is 5.97 Å². The van der Waals surface area contributed by atoms with Crippen molar-refractivity contribution < 1.29 is 14.6 Å². The lowest BCUT2D eigenvalue weighted by Crippen LogP contribution is -1.89. The molecule has 108 valence electrons. The summed E-state index contributed by atoms with van der Waals surface area (Å²) in [5, 5.41) is 9.34. The van der Waals surface area contributed by atoms with Gasteiger partial charge in [-0.2, -0.15) is 0 Å². The smallest absolute Gasteiger partial charge is 0.328 e. The van der Waals surface area contributed by atoms with E-state index in [1.54, 1.807) is 18.2 Å². The molecule has 0 saturated carbocycles. The molecule has 0 unspecified atom stereocenters. The summed E-state index contributed by atoms with van der Waals surface area (Å²) in [7, 11) is 0. The number of hydrogen-bond acceptors (Lipinski definition) is 2. The highest BCUT2D eigenvalue weighted by molar-refractivity contribution is 6.31. The summed E-state index contributed by atoms with van der Waals surface area (Å²) in [6.45, 7) is 3.82. The van der Waals surface area contributed by atoms with E-state index in [0.29, 0.717) is 16.5 Å². The van der Waals surface area contributed by atoms with Gasteiger partial charge in [0.25, 0.3) is 0 Å². The Labute approximate surface area is 128 Å². The first-order chi connectivity index (χ1) is 9.95. The molecule has 0 radical (unpaired) electrons. The lowest BCUT2D eigenvalue weighted by atomic mass is 10.1. The second-order valence-electron chi connectivity index (χ2n) is 4.70. The fourth-order valence-electron chi connectivity index (χ4n) is 1.88. The highest BCUT2D eigenvalue weighted by Crippen LogP contribution is 2.27. The summed E-state index contributed by atoms with van der Waals surface area (Å²) >= 11 is 5.98. The van der Waals surface area contributed by atoms with Crippen molar-refractivity contribution >= 4 is 23.6 Å². The lowest BCUT2D eigenvalue weighted by Gasteiger charge is -2.09. The van der Waals surface area contributed by atoms with Crippen LogP contribution in [0.4, 0.5) is 0 Å². The second-order valence-corrected chi connectivity index (χ2v) is 5.11. The Morgan fingerprint density at radius 1 is 1.10 bits per heavy atom. The molecule has 4 heteroatoms. The van der Waals surface area contributed by atoms with Crippen LogP contribution < -0.4 is 4.74 Å². The first-order valence-electron chi connectivity index (χ1n) is 6.41. The standard InChI is InChI=1S/C17H15ClO3/c1-11-9-14(5-3-13(11)4-8-17(19)20)21-15-6-7-16(18)12(2)10-15/h3-10H,1-2H3,(H,19,20). The molecule has 3 nitrogen and oxygen atoms in total. The largest absolute Gasteiger partial charge is 0.478 e. The molecular weight excluding hydrogens is 288 g/mol. The molecule has 0 bridgehead atoms. The maximum atomic E-state index is 10.5. The molecule has 1 N–H and O–H groups in total. The van der Waals surface area contributed by atoms with Crippen LogP contribution in [-0.4, -0.2) is 11.1 Å². The second kappa shape index (κ2) is 6.46. The SMILES string of the molecule is Cc1cc(Oc2ccc(C=CC(=O)O)c(C)c2)ccc1Cl. The normalized spacial score (nSPS) is 10.8. The molecule has 0 saturated heterocycles. The van der Waals surface area contributed by atoms with Gasteiger partial charge in [-0.15, -0.1) is 0 Å². The predicted molar refractivity (Wildman–Crippen MR) is 84.1 cm³/mol. The molecular formula is C17H15ClO3. The predicted octanol–water partition coefficient (Wildman–Crippen LogP) is 4.85. The summed E-state index contributed by atoms with van der Waals surface area (Å²) in [5.74, 6) is 0.443. The van der Waals surface area contributed by atoms with Gasteiger partial charge in [-0.05, 0) is 66.9 Å². The fraction of sp³-hybridized carbons (Fsp3) is 0.118. The van der Waals surface area contributed by atoms with Crippen LogP contribution >= 0.6 is 11.6 Å². The number of carbonyl (C=O) groups is 1. The van der Waals surface area contributed by atoms with Gasteiger partial charge < -0.3 is 9.84 Å². The van der Waals surface area contributed by atoms with Gasteiger partial charge >= 0.3 is 5.97 Å². The minimum atomic E-state index is -0.966. The molecule has 21 heavy (non-hydrogen) atoms. The minimum absolute atomic E-state index is 0.696. The van der Waals surface area contributed by atoms with Gasteiger partial charge in [0, 0.05) is 11.1 Å². The molecule has 2 aromatic carbocycles. The van der Waals surface area contributed by atoms with Gasteiger partial charge in [0.15, 0.2) is 0 Å². The highest BCUT2D eigenvalue weighted by atomic mass is 35.5. The Morgan fingerprint density at radius 2 is 1.71 bits per heavy atom. The Balaban J connectivity index is 2.20. The van der Waals surface area contributed by atoms with E-state index in [1.807, 2.05) is 38.1 Å². The van der Waals surface area contributed by atoms with Crippen LogP contribution in [0.2, 0.25) is 5.02 Å². The Morgan fingerprint density at radius 3 is 2.29 bits per heavy atom. The minimum Gasteiger partial charge on any atom is -0.478 e. The van der Waals surface area contributed by atoms with Crippen molar-refractivity contribution in [2.24, 2.45) is 0 Å². The average molecular weight is 303 g/mol. The number of aliphatic carboxylic acids is 1. The van der Waals surface area contributed by atoms with Crippen LogP contribution in [0.5, 0.6) is 11.5 Å². The van der Waals surface area contributed by atoms with E-state index in [9.17, 15) is 4.79 Å². The van der Waals surface area contributed by atoms with Crippen LogP contribution in [0, 0.1) is 13.8 Å². The number of hydrogen-bond donors (Lipinski definition) is 1. The van der Waals surface area contributed by atoms with E-state index in [0.717, 1.165) is 22.8 Å². The Bertz CT molecular complexity index is 705. The summed E-state index contributed by atoms with van der Waals surface area (Å²) < 4.78 is 5.78. The van der Waals surface area contributed by atoms with Crippen molar-refractivity contribution in [3.63, 3.8) is 0 Å². The summed E-state index contributed by atoms with van der Waals surface area (Å²) in [6, 6.07) is 11.0. The molecule has 2 aromatic rings. The first-order valence-corrected chi connectivity index (χ1v) is 6.79. The van der Waals surface area contributed by atoms with E-state index >= 15 is 0 Å². The number of halogens is 1. The average Bonchev–Trinajstić information content (AvgIpc) is 2.42. The maximum absolute atomic E-state index is 10.5. The molecule has 0 aromatic heterocycles. The van der Waals surface area contributed by atoms with E-state index in [1.165, 1.54) is 0 Å². The monoisotopic (exact) mass is 302 g/mol. The van der Waals surface area contributed by atoms with Crippen molar-refractivity contribution in [2.45, 2.75) is 13.8 Å². The summed E-state index contributed by atoms with van der Waals surface area (Å²) in [6.07, 6.45) is 2.68. The van der Waals surface area contributed by atoms with Gasteiger partial charge in [-0.3, -0.25) is 0 Å². The summed E-state index contributed by atoms with van der Waals surface area (Å²) in [4.78, 5) is 10.5. The zero-order valence-electron chi connectivity index (χ0n) is 11.8. The molecule has 0 spiro atoms. The number of benzene rings is 2. The number of rotatable bonds is 4. The Kier molecular flexibility index (Phi) is 4.66. The molecule has 2 rings (SSSR count). The van der Waals surface area contributed by atoms with E-state index in [-0.39, 0.29) is 0 Å². The van der Waals surface area contributed by atoms with Gasteiger partial charge in [-0.25, -0.2) is 4.79 Å². The highest BCUT2D eigenvalue weighted by Gasteiger charge is 2.03. The van der Waals surface area contributed by atoms with Crippen molar-refractivity contribution in [1.29, 1.82) is 0 Å². The van der Waals surface area contributed by atoms with Crippen molar-refractivity contribution in [3.8, 4) is 11.5 Å². The van der Waals surface area contributed by atoms with E-state index in [4.69, 9.17) is 21.4 Å². The fourth-order valence-corrected chi connectivity index (χ4v) is 1.99. The molecule has 0 heterocycles. The van der Waals surface area contributed by atoms with E-state index in [2.05, 4.69) is 0 Å². The molecule has 0 fully saturated rings. The maximum Gasteiger partial charge on any atom is 0.328 e.